The van der Waals surface area contributed by atoms with Crippen LogP contribution >= 0.6 is 0 Å². The van der Waals surface area contributed by atoms with E-state index in [1.165, 1.54) is 10.6 Å². The molecular formula is C21H25N9O2S. The maximum absolute atomic E-state index is 11.8. The van der Waals surface area contributed by atoms with E-state index in [0.29, 0.717) is 38.7 Å². The molecule has 0 bridgehead atoms. The van der Waals surface area contributed by atoms with Crippen molar-refractivity contribution in [2.45, 2.75) is 6.54 Å². The van der Waals surface area contributed by atoms with Crippen molar-refractivity contribution in [1.29, 1.82) is 0 Å². The maximum atomic E-state index is 11.8. The van der Waals surface area contributed by atoms with E-state index in [2.05, 4.69) is 48.6 Å². The number of fused-ring (bicyclic) bond motifs is 1. The summed E-state index contributed by atoms with van der Waals surface area (Å²) in [5.41, 5.74) is 3.71. The number of hydrogen-bond acceptors (Lipinski definition) is 8. The Balaban J connectivity index is 1.33. The molecule has 1 aliphatic heterocycles. The molecule has 33 heavy (non-hydrogen) atoms. The lowest BCUT2D eigenvalue weighted by atomic mass is 10.1. The molecule has 5 rings (SSSR count). The number of hydrogen-bond donors (Lipinski definition) is 1. The van der Waals surface area contributed by atoms with Crippen molar-refractivity contribution in [2.24, 2.45) is 7.05 Å². The summed E-state index contributed by atoms with van der Waals surface area (Å²) in [6.45, 7) is 2.88. The van der Waals surface area contributed by atoms with Crippen LogP contribution in [0.15, 0.2) is 49.1 Å². The van der Waals surface area contributed by atoms with Gasteiger partial charge in [-0.15, -0.1) is 0 Å². The molecule has 1 N–H and O–H groups in total. The normalized spacial score (nSPS) is 15.3. The highest BCUT2D eigenvalue weighted by Gasteiger charge is 2.23. The van der Waals surface area contributed by atoms with Crippen molar-refractivity contribution in [3.63, 3.8) is 0 Å². The van der Waals surface area contributed by atoms with E-state index in [1.54, 1.807) is 23.3 Å². The maximum Gasteiger partial charge on any atom is 0.229 e. The molecule has 172 valence electrons. The first-order valence-electron chi connectivity index (χ1n) is 10.6. The fourth-order valence-corrected chi connectivity index (χ4v) is 4.79. The van der Waals surface area contributed by atoms with E-state index in [1.807, 2.05) is 24.0 Å². The number of nitrogens with one attached hydrogen (secondary N) is 1. The quantitative estimate of drug-likeness (QED) is 0.453. The summed E-state index contributed by atoms with van der Waals surface area (Å²) in [7, 11) is -1.29. The molecular weight excluding hydrogens is 442 g/mol. The van der Waals surface area contributed by atoms with Crippen molar-refractivity contribution in [3.05, 3.63) is 54.6 Å². The molecule has 0 radical (unpaired) electrons. The van der Waals surface area contributed by atoms with Gasteiger partial charge < -0.3 is 10.2 Å². The van der Waals surface area contributed by atoms with Crippen molar-refractivity contribution in [2.75, 3.05) is 42.7 Å². The Kier molecular flexibility index (Phi) is 5.46. The predicted molar refractivity (Wildman–Crippen MR) is 126 cm³/mol. The first-order chi connectivity index (χ1) is 15.8. The van der Waals surface area contributed by atoms with Gasteiger partial charge in [-0.25, -0.2) is 18.1 Å². The highest BCUT2D eigenvalue weighted by molar-refractivity contribution is 7.88. The van der Waals surface area contributed by atoms with E-state index < -0.39 is 10.0 Å². The van der Waals surface area contributed by atoms with Gasteiger partial charge in [0.2, 0.25) is 16.0 Å². The third kappa shape index (κ3) is 4.66. The van der Waals surface area contributed by atoms with Gasteiger partial charge in [0.1, 0.15) is 0 Å². The zero-order valence-corrected chi connectivity index (χ0v) is 19.3. The summed E-state index contributed by atoms with van der Waals surface area (Å²) in [5.74, 6) is 0.481. The second-order valence-electron chi connectivity index (χ2n) is 8.12. The zero-order chi connectivity index (χ0) is 23.0. The van der Waals surface area contributed by atoms with E-state index in [4.69, 9.17) is 0 Å². The van der Waals surface area contributed by atoms with Gasteiger partial charge in [0.15, 0.2) is 5.65 Å². The summed E-state index contributed by atoms with van der Waals surface area (Å²) < 4.78 is 28.6. The summed E-state index contributed by atoms with van der Waals surface area (Å²) in [5, 5.41) is 12.7. The molecule has 0 unspecified atom stereocenters. The van der Waals surface area contributed by atoms with Crippen LogP contribution in [0.4, 0.5) is 17.3 Å². The van der Waals surface area contributed by atoms with E-state index in [9.17, 15) is 8.42 Å². The van der Waals surface area contributed by atoms with Gasteiger partial charge >= 0.3 is 0 Å². The molecule has 1 aliphatic rings. The molecule has 0 atom stereocenters. The Morgan fingerprint density at radius 1 is 1.06 bits per heavy atom. The van der Waals surface area contributed by atoms with Crippen molar-refractivity contribution in [3.8, 4) is 0 Å². The standard InChI is InChI=1S/C21H25N9O2S/c1-27-15-18(13-23-27)25-21-22-11-17-12-24-30(20(17)26-21)14-16-4-3-5-19(10-16)28-6-8-29(9-7-28)33(2,31)32/h3-5,10-13,15H,6-9,14H2,1-2H3,(H,22,25,26). The molecule has 3 aromatic heterocycles. The molecule has 4 aromatic rings. The Bertz CT molecular complexity index is 1390. The minimum atomic E-state index is -3.14. The SMILES string of the molecule is Cn1cc(Nc2ncc3cnn(Cc4cccc(N5CCN(S(C)(=O)=O)CC5)c4)c3n2)cn1. The second-order valence-corrected chi connectivity index (χ2v) is 10.1. The second kappa shape index (κ2) is 8.45. The van der Waals surface area contributed by atoms with Crippen LogP contribution in [0.2, 0.25) is 0 Å². The average Bonchev–Trinajstić information content (AvgIpc) is 3.39. The molecule has 11 nitrogen and oxygen atoms in total. The fraction of sp³-hybridized carbons (Fsp3) is 0.333. The molecule has 1 fully saturated rings. The molecule has 0 saturated carbocycles. The zero-order valence-electron chi connectivity index (χ0n) is 18.5. The number of sulfonamides is 1. The first-order valence-corrected chi connectivity index (χ1v) is 12.4. The average molecular weight is 468 g/mol. The van der Waals surface area contributed by atoms with Gasteiger partial charge in [-0.05, 0) is 17.7 Å². The molecule has 4 heterocycles. The van der Waals surface area contributed by atoms with Crippen LogP contribution in [0, 0.1) is 0 Å². The lowest BCUT2D eigenvalue weighted by molar-refractivity contribution is 0.388. The third-order valence-electron chi connectivity index (χ3n) is 5.65. The smallest absolute Gasteiger partial charge is 0.229 e. The number of anilines is 3. The highest BCUT2D eigenvalue weighted by atomic mass is 32.2. The van der Waals surface area contributed by atoms with Crippen molar-refractivity contribution >= 4 is 38.4 Å². The number of rotatable bonds is 6. The Morgan fingerprint density at radius 3 is 2.61 bits per heavy atom. The van der Waals surface area contributed by atoms with Gasteiger partial charge in [0.25, 0.3) is 0 Å². The van der Waals surface area contributed by atoms with Crippen molar-refractivity contribution in [1.82, 2.24) is 33.8 Å². The number of aryl methyl sites for hydroxylation is 1. The summed E-state index contributed by atoms with van der Waals surface area (Å²) >= 11 is 0. The predicted octanol–water partition coefficient (Wildman–Crippen LogP) is 1.43. The number of aromatic nitrogens is 6. The summed E-state index contributed by atoms with van der Waals surface area (Å²) in [6.07, 6.45) is 8.34. The van der Waals surface area contributed by atoms with Gasteiger partial charge in [0.05, 0.1) is 36.3 Å². The first kappa shape index (κ1) is 21.3. The molecule has 0 spiro atoms. The molecule has 12 heteroatoms. The number of piperazine rings is 1. The molecule has 0 amide bonds. The minimum absolute atomic E-state index is 0.481. The van der Waals surface area contributed by atoms with Crippen LogP contribution in [0.5, 0.6) is 0 Å². The lowest BCUT2D eigenvalue weighted by Gasteiger charge is -2.34. The van der Waals surface area contributed by atoms with Crippen LogP contribution in [0.25, 0.3) is 11.0 Å². The highest BCUT2D eigenvalue weighted by Crippen LogP contribution is 2.21. The molecule has 1 aromatic carbocycles. The van der Waals surface area contributed by atoms with Gasteiger partial charge in [-0.2, -0.15) is 19.5 Å². The number of benzene rings is 1. The van der Waals surface area contributed by atoms with Crippen LogP contribution in [-0.2, 0) is 23.6 Å². The minimum Gasteiger partial charge on any atom is -0.369 e. The Morgan fingerprint density at radius 2 is 1.88 bits per heavy atom. The molecule has 0 aliphatic carbocycles. The van der Waals surface area contributed by atoms with Gasteiger partial charge in [-0.1, -0.05) is 12.1 Å². The Labute approximate surface area is 191 Å². The van der Waals surface area contributed by atoms with Crippen LogP contribution < -0.4 is 10.2 Å². The summed E-state index contributed by atoms with van der Waals surface area (Å²) in [6, 6.07) is 8.25. The lowest BCUT2D eigenvalue weighted by Crippen LogP contribution is -2.48. The van der Waals surface area contributed by atoms with Crippen LogP contribution in [-0.4, -0.2) is 74.7 Å². The molecule has 1 saturated heterocycles. The summed E-state index contributed by atoms with van der Waals surface area (Å²) in [4.78, 5) is 11.2. The van der Waals surface area contributed by atoms with Crippen LogP contribution in [0.3, 0.4) is 0 Å². The topological polar surface area (TPSA) is 114 Å². The monoisotopic (exact) mass is 467 g/mol. The van der Waals surface area contributed by atoms with Crippen molar-refractivity contribution < 1.29 is 8.42 Å². The largest absolute Gasteiger partial charge is 0.369 e. The number of nitrogens with zero attached hydrogens (tertiary/aromatic N) is 8. The Hall–Kier alpha value is -3.51. The van der Waals surface area contributed by atoms with Crippen LogP contribution in [0.1, 0.15) is 5.56 Å². The van der Waals surface area contributed by atoms with E-state index in [0.717, 1.165) is 28.0 Å². The third-order valence-corrected chi connectivity index (χ3v) is 6.96. The van der Waals surface area contributed by atoms with Gasteiger partial charge in [0, 0.05) is 51.3 Å². The van der Waals surface area contributed by atoms with E-state index >= 15 is 0 Å². The fourth-order valence-electron chi connectivity index (χ4n) is 3.96. The van der Waals surface area contributed by atoms with Gasteiger partial charge in [-0.3, -0.25) is 4.68 Å². The van der Waals surface area contributed by atoms with E-state index in [-0.39, 0.29) is 0 Å².